The lowest BCUT2D eigenvalue weighted by Crippen LogP contribution is -2.31. The third kappa shape index (κ3) is 3.08. The van der Waals surface area contributed by atoms with Crippen molar-refractivity contribution in [1.82, 2.24) is 9.97 Å². The average molecular weight is 364 g/mol. The van der Waals surface area contributed by atoms with Gasteiger partial charge in [-0.1, -0.05) is 35.9 Å². The fourth-order valence-corrected chi connectivity index (χ4v) is 3.90. The van der Waals surface area contributed by atoms with E-state index < -0.39 is 0 Å². The highest BCUT2D eigenvalue weighted by atomic mass is 35.5. The van der Waals surface area contributed by atoms with Gasteiger partial charge in [-0.15, -0.1) is 0 Å². The topological polar surface area (TPSA) is 29.0 Å². The van der Waals surface area contributed by atoms with Crippen molar-refractivity contribution in [3.05, 3.63) is 75.6 Å². The molecule has 0 aliphatic carbocycles. The van der Waals surface area contributed by atoms with E-state index >= 15 is 0 Å². The normalized spacial score (nSPS) is 13.6. The molecule has 4 heteroatoms. The molecule has 26 heavy (non-hydrogen) atoms. The molecule has 0 spiro atoms. The summed E-state index contributed by atoms with van der Waals surface area (Å²) in [5.41, 5.74) is 8.39. The smallest absolute Gasteiger partial charge is 0.159 e. The molecule has 0 radical (unpaired) electrons. The second-order valence-electron chi connectivity index (χ2n) is 7.03. The molecular weight excluding hydrogens is 342 g/mol. The first-order valence-electron chi connectivity index (χ1n) is 8.95. The molecule has 0 unspecified atom stereocenters. The van der Waals surface area contributed by atoms with Crippen LogP contribution >= 0.6 is 11.6 Å². The molecule has 2 heterocycles. The zero-order chi connectivity index (χ0) is 18.3. The summed E-state index contributed by atoms with van der Waals surface area (Å²) in [4.78, 5) is 12.0. The third-order valence-electron chi connectivity index (χ3n) is 5.15. The molecule has 4 rings (SSSR count). The Hall–Kier alpha value is -2.39. The molecule has 0 saturated heterocycles. The van der Waals surface area contributed by atoms with Gasteiger partial charge in [0.1, 0.15) is 0 Å². The standard InChI is InChI=1S/C22H22ClN3/c1-14-7-8-18(23)11-20(14)26-10-9-19-17(13-26)12-24-22(25-19)21-15(2)5-4-6-16(21)3/h4-8,11-12H,9-10,13H2,1-3H3. The Bertz CT molecular complexity index is 961. The van der Waals surface area contributed by atoms with Crippen LogP contribution in [0.3, 0.4) is 0 Å². The number of nitrogens with zero attached hydrogens (tertiary/aromatic N) is 3. The zero-order valence-electron chi connectivity index (χ0n) is 15.4. The molecule has 0 bridgehead atoms. The van der Waals surface area contributed by atoms with E-state index in [0.717, 1.165) is 41.6 Å². The van der Waals surface area contributed by atoms with Crippen LogP contribution in [0.1, 0.15) is 27.9 Å². The molecule has 2 aromatic carbocycles. The van der Waals surface area contributed by atoms with Crippen LogP contribution in [-0.4, -0.2) is 16.5 Å². The molecule has 1 aliphatic rings. The number of anilines is 1. The van der Waals surface area contributed by atoms with Gasteiger partial charge in [-0.2, -0.15) is 0 Å². The average Bonchev–Trinajstić information content (AvgIpc) is 2.63. The molecule has 1 aliphatic heterocycles. The summed E-state index contributed by atoms with van der Waals surface area (Å²) in [5.74, 6) is 0.840. The largest absolute Gasteiger partial charge is 0.366 e. The van der Waals surface area contributed by atoms with Crippen molar-refractivity contribution in [3.8, 4) is 11.4 Å². The third-order valence-corrected chi connectivity index (χ3v) is 5.39. The summed E-state index contributed by atoms with van der Waals surface area (Å²) in [5, 5.41) is 0.776. The highest BCUT2D eigenvalue weighted by molar-refractivity contribution is 6.30. The van der Waals surface area contributed by atoms with Crippen molar-refractivity contribution >= 4 is 17.3 Å². The maximum atomic E-state index is 6.20. The minimum absolute atomic E-state index is 0.776. The van der Waals surface area contributed by atoms with Crippen molar-refractivity contribution in [2.24, 2.45) is 0 Å². The molecule has 3 nitrogen and oxygen atoms in total. The van der Waals surface area contributed by atoms with Gasteiger partial charge in [-0.3, -0.25) is 0 Å². The van der Waals surface area contributed by atoms with Crippen LogP contribution in [0.15, 0.2) is 42.6 Å². The van der Waals surface area contributed by atoms with Gasteiger partial charge in [-0.25, -0.2) is 9.97 Å². The summed E-state index contributed by atoms with van der Waals surface area (Å²) < 4.78 is 0. The Morgan fingerprint density at radius 3 is 2.54 bits per heavy atom. The van der Waals surface area contributed by atoms with Crippen LogP contribution in [0.2, 0.25) is 5.02 Å². The maximum Gasteiger partial charge on any atom is 0.159 e. The second kappa shape index (κ2) is 6.73. The summed E-state index contributed by atoms with van der Waals surface area (Å²) in [6.07, 6.45) is 2.91. The van der Waals surface area contributed by atoms with Gasteiger partial charge < -0.3 is 4.90 Å². The fourth-order valence-electron chi connectivity index (χ4n) is 3.73. The van der Waals surface area contributed by atoms with Gasteiger partial charge in [0.2, 0.25) is 0 Å². The number of halogens is 1. The molecule has 0 N–H and O–H groups in total. The van der Waals surface area contributed by atoms with E-state index in [1.165, 1.54) is 27.9 Å². The molecule has 0 saturated carbocycles. The Labute approximate surface area is 159 Å². The van der Waals surface area contributed by atoms with Crippen LogP contribution < -0.4 is 4.90 Å². The first-order chi connectivity index (χ1) is 12.5. The Kier molecular flexibility index (Phi) is 4.41. The van der Waals surface area contributed by atoms with Crippen LogP contribution in [0.5, 0.6) is 0 Å². The SMILES string of the molecule is Cc1ccc(Cl)cc1N1CCc2nc(-c3c(C)cccc3C)ncc2C1. The first kappa shape index (κ1) is 17.0. The van der Waals surface area contributed by atoms with Gasteiger partial charge in [0.05, 0.1) is 5.69 Å². The van der Waals surface area contributed by atoms with E-state index in [1.54, 1.807) is 0 Å². The van der Waals surface area contributed by atoms with E-state index in [2.05, 4.69) is 54.9 Å². The van der Waals surface area contributed by atoms with Crippen molar-refractivity contribution < 1.29 is 0 Å². The predicted molar refractivity (Wildman–Crippen MR) is 108 cm³/mol. The van der Waals surface area contributed by atoms with E-state index in [4.69, 9.17) is 16.6 Å². The lowest BCUT2D eigenvalue weighted by Gasteiger charge is -2.31. The number of hydrogen-bond acceptors (Lipinski definition) is 3. The number of benzene rings is 2. The second-order valence-corrected chi connectivity index (χ2v) is 7.47. The van der Waals surface area contributed by atoms with Crippen molar-refractivity contribution in [2.75, 3.05) is 11.4 Å². The molecular formula is C22H22ClN3. The zero-order valence-corrected chi connectivity index (χ0v) is 16.1. The lowest BCUT2D eigenvalue weighted by molar-refractivity contribution is 0.704. The van der Waals surface area contributed by atoms with Crippen molar-refractivity contribution in [1.29, 1.82) is 0 Å². The maximum absolute atomic E-state index is 6.20. The van der Waals surface area contributed by atoms with Crippen molar-refractivity contribution in [2.45, 2.75) is 33.7 Å². The van der Waals surface area contributed by atoms with Gasteiger partial charge in [-0.05, 0) is 49.6 Å². The molecule has 132 valence electrons. The van der Waals surface area contributed by atoms with Gasteiger partial charge >= 0.3 is 0 Å². The highest BCUT2D eigenvalue weighted by Gasteiger charge is 2.21. The Morgan fingerprint density at radius 2 is 1.77 bits per heavy atom. The summed E-state index contributed by atoms with van der Waals surface area (Å²) in [6, 6.07) is 12.4. The number of aryl methyl sites for hydroxylation is 3. The summed E-state index contributed by atoms with van der Waals surface area (Å²) in [6.45, 7) is 8.13. The lowest BCUT2D eigenvalue weighted by atomic mass is 10.0. The number of aromatic nitrogens is 2. The van der Waals surface area contributed by atoms with Crippen LogP contribution in [0, 0.1) is 20.8 Å². The number of hydrogen-bond donors (Lipinski definition) is 0. The monoisotopic (exact) mass is 363 g/mol. The van der Waals surface area contributed by atoms with Crippen LogP contribution in [-0.2, 0) is 13.0 Å². The first-order valence-corrected chi connectivity index (χ1v) is 9.33. The molecule has 0 amide bonds. The summed E-state index contributed by atoms with van der Waals surface area (Å²) >= 11 is 6.20. The minimum atomic E-state index is 0.776. The number of fused-ring (bicyclic) bond motifs is 1. The van der Waals surface area contributed by atoms with Gasteiger partial charge in [0.15, 0.2) is 5.82 Å². The Balaban J connectivity index is 1.67. The number of rotatable bonds is 2. The quantitative estimate of drug-likeness (QED) is 0.619. The molecule has 0 fully saturated rings. The highest BCUT2D eigenvalue weighted by Crippen LogP contribution is 2.30. The predicted octanol–water partition coefficient (Wildman–Crippen LogP) is 5.28. The van der Waals surface area contributed by atoms with Gasteiger partial charge in [0, 0.05) is 47.5 Å². The van der Waals surface area contributed by atoms with Gasteiger partial charge in [0.25, 0.3) is 0 Å². The molecule has 3 aromatic rings. The molecule has 1 aromatic heterocycles. The fraction of sp³-hybridized carbons (Fsp3) is 0.273. The van der Waals surface area contributed by atoms with Crippen LogP contribution in [0.4, 0.5) is 5.69 Å². The van der Waals surface area contributed by atoms with E-state index in [1.807, 2.05) is 18.3 Å². The Morgan fingerprint density at radius 1 is 1.00 bits per heavy atom. The minimum Gasteiger partial charge on any atom is -0.366 e. The van der Waals surface area contributed by atoms with Crippen LogP contribution in [0.25, 0.3) is 11.4 Å². The summed E-state index contributed by atoms with van der Waals surface area (Å²) in [7, 11) is 0. The van der Waals surface area contributed by atoms with E-state index in [9.17, 15) is 0 Å². The van der Waals surface area contributed by atoms with Crippen molar-refractivity contribution in [3.63, 3.8) is 0 Å². The van der Waals surface area contributed by atoms with E-state index in [-0.39, 0.29) is 0 Å². The molecule has 0 atom stereocenters. The van der Waals surface area contributed by atoms with E-state index in [0.29, 0.717) is 0 Å².